The number of aryl methyl sites for hydroxylation is 1. The number of esters is 1. The second-order valence-electron chi connectivity index (χ2n) is 8.27. The molecule has 168 valence electrons. The number of hydrogen-bond acceptors (Lipinski definition) is 2. The second-order valence-corrected chi connectivity index (χ2v) is 8.27. The van der Waals surface area contributed by atoms with Crippen molar-refractivity contribution in [3.05, 3.63) is 64.7 Å². The van der Waals surface area contributed by atoms with Crippen molar-refractivity contribution in [3.63, 3.8) is 0 Å². The molecule has 0 heterocycles. The van der Waals surface area contributed by atoms with Gasteiger partial charge in [0.15, 0.2) is 11.6 Å². The Kier molecular flexibility index (Phi) is 8.10. The van der Waals surface area contributed by atoms with Gasteiger partial charge in [-0.05, 0) is 85.3 Å². The molecule has 31 heavy (non-hydrogen) atoms. The number of ether oxygens (including phenoxy) is 1. The van der Waals surface area contributed by atoms with Gasteiger partial charge in [-0.3, -0.25) is 0 Å². The van der Waals surface area contributed by atoms with Crippen molar-refractivity contribution in [3.8, 4) is 5.75 Å². The van der Waals surface area contributed by atoms with E-state index in [1.165, 1.54) is 12.1 Å². The van der Waals surface area contributed by atoms with Crippen LogP contribution in [0.1, 0.15) is 80.4 Å². The van der Waals surface area contributed by atoms with Gasteiger partial charge < -0.3 is 4.74 Å². The van der Waals surface area contributed by atoms with E-state index in [1.54, 1.807) is 12.1 Å². The standard InChI is InChI=1S/C25H28F4O2/c1-2-3-4-5-16-6-12-20(21(26)14-16)18-9-7-17(8-10-18)19-11-13-23(22(27)15-19)31-25(30)24(28)29/h6,11-15,17-18,24H,2-5,7-10H2,1H3. The highest BCUT2D eigenvalue weighted by Gasteiger charge is 2.26. The molecule has 0 spiro atoms. The zero-order valence-electron chi connectivity index (χ0n) is 17.7. The number of alkyl halides is 2. The van der Waals surface area contributed by atoms with E-state index in [9.17, 15) is 22.4 Å². The molecule has 0 unspecified atom stereocenters. The number of carbonyl (C=O) groups excluding carboxylic acids is 1. The molecule has 0 aliphatic heterocycles. The van der Waals surface area contributed by atoms with E-state index < -0.39 is 24.0 Å². The Morgan fingerprint density at radius 2 is 1.68 bits per heavy atom. The lowest BCUT2D eigenvalue weighted by Crippen LogP contribution is -2.18. The predicted octanol–water partition coefficient (Wildman–Crippen LogP) is 7.31. The first-order valence-electron chi connectivity index (χ1n) is 11.0. The monoisotopic (exact) mass is 436 g/mol. The normalized spacial score (nSPS) is 18.9. The quantitative estimate of drug-likeness (QED) is 0.188. The Bertz CT molecular complexity index is 889. The predicted molar refractivity (Wildman–Crippen MR) is 112 cm³/mol. The minimum Gasteiger partial charge on any atom is -0.419 e. The Hall–Kier alpha value is -2.37. The van der Waals surface area contributed by atoms with Crippen molar-refractivity contribution in [1.29, 1.82) is 0 Å². The van der Waals surface area contributed by atoms with E-state index in [4.69, 9.17) is 0 Å². The van der Waals surface area contributed by atoms with Gasteiger partial charge in [-0.1, -0.05) is 38.0 Å². The molecule has 0 saturated heterocycles. The first-order chi connectivity index (χ1) is 14.9. The summed E-state index contributed by atoms with van der Waals surface area (Å²) in [5, 5.41) is 0. The van der Waals surface area contributed by atoms with Crippen LogP contribution in [0.25, 0.3) is 0 Å². The van der Waals surface area contributed by atoms with Gasteiger partial charge in [0.05, 0.1) is 0 Å². The van der Waals surface area contributed by atoms with Gasteiger partial charge >= 0.3 is 12.4 Å². The fourth-order valence-corrected chi connectivity index (χ4v) is 4.38. The first-order valence-corrected chi connectivity index (χ1v) is 11.0. The molecule has 1 fully saturated rings. The fourth-order valence-electron chi connectivity index (χ4n) is 4.38. The molecule has 0 aromatic heterocycles. The highest BCUT2D eigenvalue weighted by atomic mass is 19.3. The molecule has 2 aromatic rings. The summed E-state index contributed by atoms with van der Waals surface area (Å²) in [4.78, 5) is 11.0. The van der Waals surface area contributed by atoms with Crippen molar-refractivity contribution in [2.24, 2.45) is 0 Å². The van der Waals surface area contributed by atoms with Gasteiger partial charge in [-0.25, -0.2) is 13.6 Å². The van der Waals surface area contributed by atoms with Gasteiger partial charge in [0.2, 0.25) is 0 Å². The highest BCUT2D eigenvalue weighted by molar-refractivity contribution is 5.75. The number of unbranched alkanes of at least 4 members (excludes halogenated alkanes) is 2. The lowest BCUT2D eigenvalue weighted by atomic mass is 9.76. The summed E-state index contributed by atoms with van der Waals surface area (Å²) >= 11 is 0. The van der Waals surface area contributed by atoms with Gasteiger partial charge in [0.1, 0.15) is 5.82 Å². The van der Waals surface area contributed by atoms with Gasteiger partial charge in [-0.15, -0.1) is 0 Å². The highest BCUT2D eigenvalue weighted by Crippen LogP contribution is 2.42. The summed E-state index contributed by atoms with van der Waals surface area (Å²) in [7, 11) is 0. The van der Waals surface area contributed by atoms with Crippen LogP contribution >= 0.6 is 0 Å². The van der Waals surface area contributed by atoms with Crippen molar-refractivity contribution >= 4 is 5.97 Å². The van der Waals surface area contributed by atoms with Crippen molar-refractivity contribution in [2.45, 2.75) is 76.6 Å². The number of halogens is 4. The van der Waals surface area contributed by atoms with E-state index in [0.29, 0.717) is 0 Å². The van der Waals surface area contributed by atoms with E-state index in [1.807, 2.05) is 12.1 Å². The lowest BCUT2D eigenvalue weighted by molar-refractivity contribution is -0.146. The van der Waals surface area contributed by atoms with Crippen LogP contribution in [0.2, 0.25) is 0 Å². The Labute approximate surface area is 180 Å². The topological polar surface area (TPSA) is 26.3 Å². The SMILES string of the molecule is CCCCCc1ccc(C2CCC(c3ccc(OC(=O)C(F)F)c(F)c3)CC2)c(F)c1. The molecular weight excluding hydrogens is 408 g/mol. The van der Waals surface area contributed by atoms with Crippen molar-refractivity contribution in [1.82, 2.24) is 0 Å². The smallest absolute Gasteiger partial charge is 0.379 e. The van der Waals surface area contributed by atoms with E-state index in [2.05, 4.69) is 11.7 Å². The Morgan fingerprint density at radius 3 is 2.29 bits per heavy atom. The van der Waals surface area contributed by atoms with Gasteiger partial charge in [0.25, 0.3) is 0 Å². The molecule has 2 nitrogen and oxygen atoms in total. The summed E-state index contributed by atoms with van der Waals surface area (Å²) in [6.07, 6.45) is 4.07. The number of hydrogen-bond donors (Lipinski definition) is 0. The van der Waals surface area contributed by atoms with Crippen molar-refractivity contribution in [2.75, 3.05) is 0 Å². The molecular formula is C25H28F4O2. The van der Waals surface area contributed by atoms with Gasteiger partial charge in [-0.2, -0.15) is 8.78 Å². The summed E-state index contributed by atoms with van der Waals surface area (Å²) in [5.74, 6) is -3.01. The third kappa shape index (κ3) is 6.08. The molecule has 2 aromatic carbocycles. The van der Waals surface area contributed by atoms with Crippen LogP contribution in [0.4, 0.5) is 17.6 Å². The van der Waals surface area contributed by atoms with Crippen LogP contribution in [0, 0.1) is 11.6 Å². The maximum absolute atomic E-state index is 14.7. The number of benzene rings is 2. The lowest BCUT2D eigenvalue weighted by Gasteiger charge is -2.29. The minimum absolute atomic E-state index is 0.0991. The van der Waals surface area contributed by atoms with Crippen molar-refractivity contribution < 1.29 is 27.1 Å². The fraction of sp³-hybridized carbons (Fsp3) is 0.480. The Morgan fingerprint density at radius 1 is 0.968 bits per heavy atom. The van der Waals surface area contributed by atoms with E-state index in [0.717, 1.165) is 68.1 Å². The third-order valence-corrected chi connectivity index (χ3v) is 6.12. The largest absolute Gasteiger partial charge is 0.419 e. The molecule has 3 rings (SSSR count). The summed E-state index contributed by atoms with van der Waals surface area (Å²) in [6.45, 7) is 2.14. The van der Waals surface area contributed by atoms with Crippen LogP contribution in [-0.2, 0) is 11.2 Å². The molecule has 0 bridgehead atoms. The maximum Gasteiger partial charge on any atom is 0.379 e. The summed E-state index contributed by atoms with van der Waals surface area (Å²) < 4.78 is 57.8. The van der Waals surface area contributed by atoms with E-state index >= 15 is 0 Å². The summed E-state index contributed by atoms with van der Waals surface area (Å²) in [6, 6.07) is 9.65. The van der Waals surface area contributed by atoms with Crippen LogP contribution < -0.4 is 4.74 Å². The van der Waals surface area contributed by atoms with Crippen LogP contribution in [0.3, 0.4) is 0 Å². The first kappa shape index (κ1) is 23.3. The number of rotatable bonds is 8. The second kappa shape index (κ2) is 10.8. The number of carbonyl (C=O) groups is 1. The minimum atomic E-state index is -3.31. The van der Waals surface area contributed by atoms with Crippen LogP contribution in [0.5, 0.6) is 5.75 Å². The van der Waals surface area contributed by atoms with Crippen LogP contribution in [0.15, 0.2) is 36.4 Å². The molecule has 1 aliphatic rings. The molecule has 0 radical (unpaired) electrons. The molecule has 0 atom stereocenters. The zero-order valence-corrected chi connectivity index (χ0v) is 17.7. The molecule has 0 N–H and O–H groups in total. The van der Waals surface area contributed by atoms with Crippen LogP contribution in [-0.4, -0.2) is 12.4 Å². The Balaban J connectivity index is 1.59. The third-order valence-electron chi connectivity index (χ3n) is 6.12. The summed E-state index contributed by atoms with van der Waals surface area (Å²) in [5.41, 5.74) is 2.52. The zero-order chi connectivity index (χ0) is 22.4. The average Bonchev–Trinajstić information content (AvgIpc) is 2.75. The van der Waals surface area contributed by atoms with Gasteiger partial charge in [0, 0.05) is 0 Å². The molecule has 6 heteroatoms. The van der Waals surface area contributed by atoms with E-state index in [-0.39, 0.29) is 17.7 Å². The molecule has 1 aliphatic carbocycles. The molecule has 1 saturated carbocycles. The molecule has 0 amide bonds. The maximum atomic E-state index is 14.7. The average molecular weight is 436 g/mol.